The lowest BCUT2D eigenvalue weighted by Gasteiger charge is -2.23. The van der Waals surface area contributed by atoms with Gasteiger partial charge < -0.3 is 4.74 Å². The Morgan fingerprint density at radius 3 is 2.67 bits per heavy atom. The number of morpholine rings is 1. The standard InChI is InChI=1S/C15H17ClN4O/c1-12-14(11-17-19-7-9-21-10-8-19)15(16)20(18-12)13-5-3-2-4-6-13/h2-6,11H,7-10H2,1H3. The Hall–Kier alpha value is -1.85. The number of aromatic nitrogens is 2. The molecule has 0 atom stereocenters. The van der Waals surface area contributed by atoms with Gasteiger partial charge >= 0.3 is 0 Å². The van der Waals surface area contributed by atoms with Crippen LogP contribution in [0.5, 0.6) is 0 Å². The Labute approximate surface area is 128 Å². The van der Waals surface area contributed by atoms with Gasteiger partial charge in [-0.3, -0.25) is 5.01 Å². The van der Waals surface area contributed by atoms with Crippen molar-refractivity contribution in [3.8, 4) is 5.69 Å². The molecule has 1 aromatic carbocycles. The van der Waals surface area contributed by atoms with Crippen molar-refractivity contribution < 1.29 is 4.74 Å². The van der Waals surface area contributed by atoms with Gasteiger partial charge in [-0.2, -0.15) is 10.2 Å². The van der Waals surface area contributed by atoms with Crippen LogP contribution in [0.15, 0.2) is 35.4 Å². The quantitative estimate of drug-likeness (QED) is 0.818. The Bertz CT molecular complexity index is 633. The van der Waals surface area contributed by atoms with E-state index in [0.717, 1.165) is 30.0 Å². The molecule has 2 heterocycles. The number of hydrazone groups is 1. The highest BCUT2D eigenvalue weighted by atomic mass is 35.5. The van der Waals surface area contributed by atoms with E-state index in [0.29, 0.717) is 18.4 Å². The van der Waals surface area contributed by atoms with Gasteiger partial charge in [0.25, 0.3) is 0 Å². The first-order valence-corrected chi connectivity index (χ1v) is 7.31. The maximum atomic E-state index is 6.45. The molecule has 1 aliphatic rings. The lowest BCUT2D eigenvalue weighted by atomic mass is 10.3. The fourth-order valence-corrected chi connectivity index (χ4v) is 2.53. The summed E-state index contributed by atoms with van der Waals surface area (Å²) in [6.07, 6.45) is 1.79. The number of ether oxygens (including phenoxy) is 1. The zero-order chi connectivity index (χ0) is 14.7. The number of halogens is 1. The first-order valence-electron chi connectivity index (χ1n) is 6.93. The largest absolute Gasteiger partial charge is 0.378 e. The summed E-state index contributed by atoms with van der Waals surface area (Å²) in [4.78, 5) is 0. The molecule has 0 radical (unpaired) electrons. The van der Waals surface area contributed by atoms with E-state index in [1.165, 1.54) is 0 Å². The number of para-hydroxylation sites is 1. The summed E-state index contributed by atoms with van der Waals surface area (Å²) >= 11 is 6.45. The molecule has 6 heteroatoms. The molecule has 0 amide bonds. The number of hydrogen-bond acceptors (Lipinski definition) is 4. The lowest BCUT2D eigenvalue weighted by Crippen LogP contribution is -2.32. The van der Waals surface area contributed by atoms with Gasteiger partial charge in [-0.1, -0.05) is 29.8 Å². The van der Waals surface area contributed by atoms with Crippen LogP contribution in [0.1, 0.15) is 11.3 Å². The molecule has 1 aromatic heterocycles. The minimum atomic E-state index is 0.579. The van der Waals surface area contributed by atoms with E-state index in [2.05, 4.69) is 10.2 Å². The van der Waals surface area contributed by atoms with Crippen LogP contribution in [-0.4, -0.2) is 47.3 Å². The zero-order valence-electron chi connectivity index (χ0n) is 11.9. The molecule has 2 aromatic rings. The van der Waals surface area contributed by atoms with Crippen molar-refractivity contribution in [1.82, 2.24) is 14.8 Å². The molecule has 3 rings (SSSR count). The van der Waals surface area contributed by atoms with Crippen LogP contribution < -0.4 is 0 Å². The van der Waals surface area contributed by atoms with E-state index < -0.39 is 0 Å². The number of aryl methyl sites for hydroxylation is 1. The second-order valence-electron chi connectivity index (χ2n) is 4.85. The number of nitrogens with zero attached hydrogens (tertiary/aromatic N) is 4. The van der Waals surface area contributed by atoms with E-state index in [-0.39, 0.29) is 0 Å². The highest BCUT2D eigenvalue weighted by Crippen LogP contribution is 2.22. The minimum absolute atomic E-state index is 0.579. The van der Waals surface area contributed by atoms with Crippen LogP contribution in [0, 0.1) is 6.92 Å². The zero-order valence-corrected chi connectivity index (χ0v) is 12.6. The molecule has 0 spiro atoms. The van der Waals surface area contributed by atoms with E-state index in [4.69, 9.17) is 16.3 Å². The molecular weight excluding hydrogens is 288 g/mol. The summed E-state index contributed by atoms with van der Waals surface area (Å²) in [6, 6.07) is 9.84. The molecule has 21 heavy (non-hydrogen) atoms. The van der Waals surface area contributed by atoms with Gasteiger partial charge in [0.05, 0.1) is 49.5 Å². The minimum Gasteiger partial charge on any atom is -0.378 e. The Morgan fingerprint density at radius 2 is 1.95 bits per heavy atom. The number of rotatable bonds is 3. The van der Waals surface area contributed by atoms with E-state index in [1.807, 2.05) is 42.3 Å². The highest BCUT2D eigenvalue weighted by molar-refractivity contribution is 6.32. The molecule has 5 nitrogen and oxygen atoms in total. The van der Waals surface area contributed by atoms with Gasteiger partial charge in [-0.15, -0.1) is 0 Å². The van der Waals surface area contributed by atoms with Crippen molar-refractivity contribution in [3.63, 3.8) is 0 Å². The molecule has 1 aliphatic heterocycles. The first kappa shape index (κ1) is 14.1. The molecule has 110 valence electrons. The van der Waals surface area contributed by atoms with Crippen LogP contribution in [0.4, 0.5) is 0 Å². The third kappa shape index (κ3) is 3.09. The summed E-state index contributed by atoms with van der Waals surface area (Å²) in [5, 5.41) is 11.5. The van der Waals surface area contributed by atoms with Crippen LogP contribution in [-0.2, 0) is 4.74 Å². The van der Waals surface area contributed by atoms with Gasteiger partial charge in [0.2, 0.25) is 0 Å². The highest BCUT2D eigenvalue weighted by Gasteiger charge is 2.14. The second kappa shape index (κ2) is 6.28. The molecular formula is C15H17ClN4O. The molecule has 0 N–H and O–H groups in total. The third-order valence-corrected chi connectivity index (χ3v) is 3.75. The van der Waals surface area contributed by atoms with Crippen molar-refractivity contribution in [2.45, 2.75) is 6.92 Å². The Balaban J connectivity index is 1.86. The van der Waals surface area contributed by atoms with Crippen molar-refractivity contribution >= 4 is 17.8 Å². The summed E-state index contributed by atoms with van der Waals surface area (Å²) in [5.74, 6) is 0. The van der Waals surface area contributed by atoms with Crippen LogP contribution in [0.3, 0.4) is 0 Å². The summed E-state index contributed by atoms with van der Waals surface area (Å²) < 4.78 is 7.04. The Kier molecular flexibility index (Phi) is 4.22. The van der Waals surface area contributed by atoms with Gasteiger partial charge in [0.1, 0.15) is 5.15 Å². The van der Waals surface area contributed by atoms with Crippen LogP contribution >= 0.6 is 11.6 Å². The Morgan fingerprint density at radius 1 is 1.24 bits per heavy atom. The smallest absolute Gasteiger partial charge is 0.142 e. The normalized spacial score (nSPS) is 15.8. The molecule has 1 fully saturated rings. The SMILES string of the molecule is Cc1nn(-c2ccccc2)c(Cl)c1C=NN1CCOCC1. The van der Waals surface area contributed by atoms with Crippen molar-refractivity contribution in [3.05, 3.63) is 46.7 Å². The van der Waals surface area contributed by atoms with E-state index >= 15 is 0 Å². The molecule has 0 saturated carbocycles. The molecule has 1 saturated heterocycles. The monoisotopic (exact) mass is 304 g/mol. The predicted molar refractivity (Wildman–Crippen MR) is 83.3 cm³/mol. The average molecular weight is 305 g/mol. The fourth-order valence-electron chi connectivity index (χ4n) is 2.21. The predicted octanol–water partition coefficient (Wildman–Crippen LogP) is 2.50. The van der Waals surface area contributed by atoms with E-state index in [9.17, 15) is 0 Å². The van der Waals surface area contributed by atoms with Gasteiger partial charge in [0.15, 0.2) is 0 Å². The average Bonchev–Trinajstić information content (AvgIpc) is 2.82. The lowest BCUT2D eigenvalue weighted by molar-refractivity contribution is 0.0397. The molecule has 0 bridgehead atoms. The van der Waals surface area contributed by atoms with Crippen molar-refractivity contribution in [2.24, 2.45) is 5.10 Å². The maximum absolute atomic E-state index is 6.45. The van der Waals surface area contributed by atoms with E-state index in [1.54, 1.807) is 10.9 Å². The fraction of sp³-hybridized carbons (Fsp3) is 0.333. The van der Waals surface area contributed by atoms with Crippen LogP contribution in [0.25, 0.3) is 5.69 Å². The summed E-state index contributed by atoms with van der Waals surface area (Å²) in [5.41, 5.74) is 2.66. The third-order valence-electron chi connectivity index (χ3n) is 3.39. The molecule has 0 aliphatic carbocycles. The second-order valence-corrected chi connectivity index (χ2v) is 5.21. The van der Waals surface area contributed by atoms with Crippen LogP contribution in [0.2, 0.25) is 5.15 Å². The summed E-state index contributed by atoms with van der Waals surface area (Å²) in [7, 11) is 0. The summed E-state index contributed by atoms with van der Waals surface area (Å²) in [6.45, 7) is 4.98. The first-order chi connectivity index (χ1) is 10.3. The van der Waals surface area contributed by atoms with Gasteiger partial charge in [0, 0.05) is 0 Å². The number of hydrogen-bond donors (Lipinski definition) is 0. The maximum Gasteiger partial charge on any atom is 0.142 e. The van der Waals surface area contributed by atoms with Crippen molar-refractivity contribution in [2.75, 3.05) is 26.3 Å². The topological polar surface area (TPSA) is 42.7 Å². The van der Waals surface area contributed by atoms with Gasteiger partial charge in [-0.05, 0) is 19.1 Å². The number of benzene rings is 1. The van der Waals surface area contributed by atoms with Crippen molar-refractivity contribution in [1.29, 1.82) is 0 Å². The van der Waals surface area contributed by atoms with Gasteiger partial charge in [-0.25, -0.2) is 4.68 Å². The molecule has 0 unspecified atom stereocenters.